The highest BCUT2D eigenvalue weighted by molar-refractivity contribution is 5.85. The standard InChI is InChI=1S/C18H16O6/c1-9-10(2)18(21)24-16-11(3)14(7-5-13(9)16)22-8-12-4-6-15(23-12)17(19)20/h4-7H,8H2,1-3H3,(H,19,20)/p-1. The third kappa shape index (κ3) is 2.67. The van der Waals surface area contributed by atoms with Crippen molar-refractivity contribution in [1.29, 1.82) is 0 Å². The third-order valence-electron chi connectivity index (χ3n) is 4.06. The van der Waals surface area contributed by atoms with Crippen molar-refractivity contribution in [2.24, 2.45) is 0 Å². The summed E-state index contributed by atoms with van der Waals surface area (Å²) in [6.45, 7) is 5.45. The molecule has 0 spiro atoms. The van der Waals surface area contributed by atoms with E-state index >= 15 is 0 Å². The van der Waals surface area contributed by atoms with Crippen LogP contribution in [0.3, 0.4) is 0 Å². The summed E-state index contributed by atoms with van der Waals surface area (Å²) in [5, 5.41) is 11.5. The third-order valence-corrected chi connectivity index (χ3v) is 4.06. The van der Waals surface area contributed by atoms with E-state index < -0.39 is 5.97 Å². The first-order chi connectivity index (χ1) is 11.4. The van der Waals surface area contributed by atoms with Gasteiger partial charge in [-0.25, -0.2) is 4.79 Å². The summed E-state index contributed by atoms with van der Waals surface area (Å²) in [4.78, 5) is 22.6. The van der Waals surface area contributed by atoms with Gasteiger partial charge in [-0.05, 0) is 50.6 Å². The highest BCUT2D eigenvalue weighted by Crippen LogP contribution is 2.29. The van der Waals surface area contributed by atoms with Gasteiger partial charge in [-0.15, -0.1) is 0 Å². The first-order valence-electron chi connectivity index (χ1n) is 7.35. The summed E-state index contributed by atoms with van der Waals surface area (Å²) in [7, 11) is 0. The second kappa shape index (κ2) is 5.88. The lowest BCUT2D eigenvalue weighted by Gasteiger charge is -2.11. The number of carbonyl (C=O) groups excluding carboxylic acids is 1. The van der Waals surface area contributed by atoms with Gasteiger partial charge in [0.25, 0.3) is 0 Å². The number of carboxylic acid groups (broad SMARTS) is 1. The van der Waals surface area contributed by atoms with E-state index in [4.69, 9.17) is 13.6 Å². The van der Waals surface area contributed by atoms with Crippen molar-refractivity contribution in [2.75, 3.05) is 0 Å². The van der Waals surface area contributed by atoms with Gasteiger partial charge in [-0.1, -0.05) is 0 Å². The van der Waals surface area contributed by atoms with Crippen molar-refractivity contribution in [3.05, 3.63) is 62.9 Å². The minimum absolute atomic E-state index is 0.0503. The predicted molar refractivity (Wildman–Crippen MR) is 84.1 cm³/mol. The van der Waals surface area contributed by atoms with Gasteiger partial charge in [0.15, 0.2) is 0 Å². The number of hydrogen-bond acceptors (Lipinski definition) is 6. The molecule has 2 aromatic heterocycles. The molecule has 3 aromatic rings. The molecule has 2 heterocycles. The Balaban J connectivity index is 1.92. The highest BCUT2D eigenvalue weighted by atomic mass is 16.5. The van der Waals surface area contributed by atoms with E-state index in [-0.39, 0.29) is 18.0 Å². The minimum atomic E-state index is -1.38. The number of hydrogen-bond donors (Lipinski definition) is 0. The molecule has 24 heavy (non-hydrogen) atoms. The van der Waals surface area contributed by atoms with Crippen LogP contribution in [0.1, 0.15) is 33.0 Å². The Kier molecular flexibility index (Phi) is 3.89. The number of benzene rings is 1. The predicted octanol–water partition coefficient (Wildman–Crippen LogP) is 2.25. The molecule has 124 valence electrons. The smallest absolute Gasteiger partial charge is 0.339 e. The summed E-state index contributed by atoms with van der Waals surface area (Å²) < 4.78 is 16.1. The lowest BCUT2D eigenvalue weighted by atomic mass is 10.0. The number of rotatable bonds is 4. The zero-order valence-corrected chi connectivity index (χ0v) is 13.5. The van der Waals surface area contributed by atoms with E-state index in [1.165, 1.54) is 12.1 Å². The zero-order valence-electron chi connectivity index (χ0n) is 13.5. The van der Waals surface area contributed by atoms with Crippen LogP contribution in [0.15, 0.2) is 37.9 Å². The Hall–Kier alpha value is -3.02. The van der Waals surface area contributed by atoms with Crippen LogP contribution in [0, 0.1) is 20.8 Å². The maximum Gasteiger partial charge on any atom is 0.339 e. The molecule has 0 atom stereocenters. The van der Waals surface area contributed by atoms with Gasteiger partial charge in [0.2, 0.25) is 0 Å². The number of carbonyl (C=O) groups is 1. The zero-order chi connectivity index (χ0) is 17.4. The van der Waals surface area contributed by atoms with Crippen LogP contribution < -0.4 is 15.5 Å². The molecule has 0 bridgehead atoms. The number of aryl methyl sites for hydroxylation is 2. The Morgan fingerprint density at radius 1 is 1.04 bits per heavy atom. The van der Waals surface area contributed by atoms with E-state index in [1.807, 2.05) is 13.0 Å². The second-order valence-electron chi connectivity index (χ2n) is 5.55. The van der Waals surface area contributed by atoms with Gasteiger partial charge in [0.05, 0.1) is 0 Å². The molecule has 0 aliphatic rings. The number of fused-ring (bicyclic) bond motifs is 1. The average Bonchev–Trinajstić information content (AvgIpc) is 3.02. The van der Waals surface area contributed by atoms with Crippen LogP contribution in [-0.4, -0.2) is 5.97 Å². The largest absolute Gasteiger partial charge is 0.542 e. The SMILES string of the molecule is Cc1c(C)c2ccc(OCc3ccc(C(=O)[O-])o3)c(C)c2oc1=O. The summed E-state index contributed by atoms with van der Waals surface area (Å²) in [5.41, 5.74) is 2.27. The van der Waals surface area contributed by atoms with Crippen molar-refractivity contribution < 1.29 is 23.5 Å². The van der Waals surface area contributed by atoms with Crippen molar-refractivity contribution in [2.45, 2.75) is 27.4 Å². The topological polar surface area (TPSA) is 92.7 Å². The Labute approximate surface area is 137 Å². The molecule has 0 saturated carbocycles. The lowest BCUT2D eigenvalue weighted by Crippen LogP contribution is -2.21. The fraction of sp³-hybridized carbons (Fsp3) is 0.222. The highest BCUT2D eigenvalue weighted by Gasteiger charge is 2.13. The molecule has 0 aliphatic carbocycles. The molecule has 0 unspecified atom stereocenters. The van der Waals surface area contributed by atoms with Gasteiger partial charge in [-0.3, -0.25) is 0 Å². The number of furan rings is 1. The molecule has 0 saturated heterocycles. The van der Waals surface area contributed by atoms with Crippen molar-refractivity contribution in [1.82, 2.24) is 0 Å². The normalized spacial score (nSPS) is 11.0. The van der Waals surface area contributed by atoms with Crippen molar-refractivity contribution in [3.63, 3.8) is 0 Å². The fourth-order valence-electron chi connectivity index (χ4n) is 2.50. The van der Waals surface area contributed by atoms with Crippen molar-refractivity contribution in [3.8, 4) is 5.75 Å². The van der Waals surface area contributed by atoms with E-state index in [0.717, 1.165) is 10.9 Å². The fourth-order valence-corrected chi connectivity index (χ4v) is 2.50. The molecule has 0 amide bonds. The number of carboxylic acids is 1. The molecule has 0 aliphatic heterocycles. The van der Waals surface area contributed by atoms with Gasteiger partial charge >= 0.3 is 5.63 Å². The first-order valence-corrected chi connectivity index (χ1v) is 7.35. The number of ether oxygens (including phenoxy) is 1. The summed E-state index contributed by atoms with van der Waals surface area (Å²) in [6.07, 6.45) is 0. The molecule has 6 nitrogen and oxygen atoms in total. The van der Waals surface area contributed by atoms with E-state index in [9.17, 15) is 14.7 Å². The maximum absolute atomic E-state index is 11.9. The lowest BCUT2D eigenvalue weighted by molar-refractivity contribution is -0.257. The molecule has 0 fully saturated rings. The monoisotopic (exact) mass is 327 g/mol. The Bertz CT molecular complexity index is 993. The van der Waals surface area contributed by atoms with Gasteiger partial charge in [0.1, 0.15) is 35.4 Å². The quantitative estimate of drug-likeness (QED) is 0.682. The average molecular weight is 327 g/mol. The summed E-state index contributed by atoms with van der Waals surface area (Å²) in [6, 6.07) is 6.44. The molecule has 3 rings (SSSR count). The van der Waals surface area contributed by atoms with E-state index in [2.05, 4.69) is 0 Å². The molecular weight excluding hydrogens is 312 g/mol. The van der Waals surface area contributed by atoms with Crippen LogP contribution in [-0.2, 0) is 6.61 Å². The maximum atomic E-state index is 11.9. The van der Waals surface area contributed by atoms with Crippen LogP contribution in [0.5, 0.6) is 5.75 Å². The molecule has 1 aromatic carbocycles. The number of aromatic carboxylic acids is 1. The minimum Gasteiger partial charge on any atom is -0.542 e. The first kappa shape index (κ1) is 15.9. The summed E-state index contributed by atoms with van der Waals surface area (Å²) in [5.74, 6) is -0.743. The van der Waals surface area contributed by atoms with Crippen LogP contribution in [0.25, 0.3) is 11.0 Å². The molecule has 0 radical (unpaired) electrons. The van der Waals surface area contributed by atoms with E-state index in [0.29, 0.717) is 28.2 Å². The van der Waals surface area contributed by atoms with Crippen LogP contribution in [0.4, 0.5) is 0 Å². The van der Waals surface area contributed by atoms with Crippen LogP contribution >= 0.6 is 0 Å². The van der Waals surface area contributed by atoms with Crippen molar-refractivity contribution >= 4 is 16.9 Å². The Morgan fingerprint density at radius 3 is 2.46 bits per heavy atom. The summed E-state index contributed by atoms with van der Waals surface area (Å²) >= 11 is 0. The van der Waals surface area contributed by atoms with Crippen LogP contribution in [0.2, 0.25) is 0 Å². The van der Waals surface area contributed by atoms with Gasteiger partial charge < -0.3 is 23.5 Å². The Morgan fingerprint density at radius 2 is 1.79 bits per heavy atom. The van der Waals surface area contributed by atoms with Gasteiger partial charge in [0, 0.05) is 16.5 Å². The van der Waals surface area contributed by atoms with E-state index in [1.54, 1.807) is 19.9 Å². The second-order valence-corrected chi connectivity index (χ2v) is 5.55. The molecular formula is C18H15O6-. The molecule has 0 N–H and O–H groups in total. The van der Waals surface area contributed by atoms with Gasteiger partial charge in [-0.2, -0.15) is 0 Å². The molecule has 6 heteroatoms.